The minimum absolute atomic E-state index is 0.218. The molecule has 0 aromatic carbocycles. The van der Waals surface area contributed by atoms with Crippen molar-refractivity contribution in [1.29, 1.82) is 0 Å². The Morgan fingerprint density at radius 3 is 2.84 bits per heavy atom. The van der Waals surface area contributed by atoms with Crippen molar-refractivity contribution in [3.05, 3.63) is 40.2 Å². The first-order valence-corrected chi connectivity index (χ1v) is 6.24. The van der Waals surface area contributed by atoms with E-state index in [0.717, 1.165) is 0 Å². The maximum atomic E-state index is 12.1. The number of rotatable bonds is 4. The molecule has 2 aromatic heterocycles. The number of ether oxygens (including phenoxy) is 1. The van der Waals surface area contributed by atoms with Gasteiger partial charge in [-0.05, 0) is 12.1 Å². The highest BCUT2D eigenvalue weighted by molar-refractivity contribution is 7.08. The van der Waals surface area contributed by atoms with Gasteiger partial charge in [-0.15, -0.1) is 11.3 Å². The predicted molar refractivity (Wildman–Crippen MR) is 71.6 cm³/mol. The van der Waals surface area contributed by atoms with Crippen molar-refractivity contribution in [1.82, 2.24) is 4.98 Å². The molecule has 6 nitrogen and oxygen atoms in total. The molecule has 0 saturated carbocycles. The van der Waals surface area contributed by atoms with Gasteiger partial charge in [0, 0.05) is 17.0 Å². The first-order chi connectivity index (χ1) is 9.13. The van der Waals surface area contributed by atoms with E-state index in [4.69, 9.17) is 10.5 Å². The number of carbonyl (C=O) groups is 2. The molecule has 0 saturated heterocycles. The van der Waals surface area contributed by atoms with E-state index in [9.17, 15) is 9.59 Å². The molecule has 2 heterocycles. The highest BCUT2D eigenvalue weighted by Crippen LogP contribution is 2.22. The Morgan fingerprint density at radius 1 is 1.37 bits per heavy atom. The second kappa shape index (κ2) is 5.49. The van der Waals surface area contributed by atoms with Crippen LogP contribution in [0.3, 0.4) is 0 Å². The lowest BCUT2D eigenvalue weighted by molar-refractivity contribution is 0.100. The van der Waals surface area contributed by atoms with Crippen LogP contribution in [0.5, 0.6) is 5.88 Å². The number of pyridine rings is 1. The Labute approximate surface area is 113 Å². The zero-order valence-electron chi connectivity index (χ0n) is 10.0. The molecule has 0 atom stereocenters. The van der Waals surface area contributed by atoms with Crippen LogP contribution >= 0.6 is 11.3 Å². The van der Waals surface area contributed by atoms with Crippen molar-refractivity contribution in [2.45, 2.75) is 0 Å². The summed E-state index contributed by atoms with van der Waals surface area (Å²) in [5, 5.41) is 5.84. The molecule has 7 heteroatoms. The minimum Gasteiger partial charge on any atom is -0.480 e. The number of anilines is 1. The van der Waals surface area contributed by atoms with Crippen LogP contribution in [0, 0.1) is 0 Å². The van der Waals surface area contributed by atoms with Gasteiger partial charge in [0.25, 0.3) is 11.8 Å². The summed E-state index contributed by atoms with van der Waals surface area (Å²) in [5.41, 5.74) is 6.15. The van der Waals surface area contributed by atoms with E-state index in [2.05, 4.69) is 10.3 Å². The fourth-order valence-electron chi connectivity index (χ4n) is 1.50. The number of nitrogens with zero attached hydrogens (tertiary/aromatic N) is 1. The Balaban J connectivity index is 2.26. The Hall–Kier alpha value is -2.41. The van der Waals surface area contributed by atoms with E-state index in [1.807, 2.05) is 0 Å². The van der Waals surface area contributed by atoms with Crippen LogP contribution in [-0.2, 0) is 0 Å². The zero-order valence-corrected chi connectivity index (χ0v) is 10.9. The lowest BCUT2D eigenvalue weighted by Gasteiger charge is -2.07. The number of amides is 2. The number of primary amides is 1. The predicted octanol–water partition coefficient (Wildman–Crippen LogP) is 1.50. The van der Waals surface area contributed by atoms with Crippen molar-refractivity contribution in [3.8, 4) is 5.88 Å². The fraction of sp³-hybridized carbons (Fsp3) is 0.0833. The van der Waals surface area contributed by atoms with E-state index in [-0.39, 0.29) is 17.0 Å². The molecule has 0 aliphatic rings. The summed E-state index contributed by atoms with van der Waals surface area (Å²) in [6.07, 6.45) is 1.52. The lowest BCUT2D eigenvalue weighted by Crippen LogP contribution is -2.17. The van der Waals surface area contributed by atoms with Gasteiger partial charge >= 0.3 is 0 Å². The molecule has 3 N–H and O–H groups in total. The Bertz CT molecular complexity index is 624. The summed E-state index contributed by atoms with van der Waals surface area (Å²) in [5.74, 6) is -0.781. The van der Waals surface area contributed by atoms with E-state index in [1.165, 1.54) is 24.6 Å². The van der Waals surface area contributed by atoms with Gasteiger partial charge in [-0.3, -0.25) is 9.59 Å². The minimum atomic E-state index is -0.588. The largest absolute Gasteiger partial charge is 0.480 e. The van der Waals surface area contributed by atoms with E-state index in [0.29, 0.717) is 5.69 Å². The van der Waals surface area contributed by atoms with Gasteiger partial charge in [0.1, 0.15) is 5.56 Å². The number of nitrogens with two attached hydrogens (primary N) is 1. The van der Waals surface area contributed by atoms with Gasteiger partial charge in [0.2, 0.25) is 5.88 Å². The molecular weight excluding hydrogens is 266 g/mol. The molecule has 98 valence electrons. The van der Waals surface area contributed by atoms with Gasteiger partial charge in [0.05, 0.1) is 18.4 Å². The third kappa shape index (κ3) is 2.71. The van der Waals surface area contributed by atoms with Gasteiger partial charge in [-0.25, -0.2) is 4.98 Å². The van der Waals surface area contributed by atoms with Crippen LogP contribution in [0.2, 0.25) is 0 Å². The molecule has 2 amide bonds. The van der Waals surface area contributed by atoms with Gasteiger partial charge in [-0.1, -0.05) is 0 Å². The molecule has 0 aliphatic heterocycles. The van der Waals surface area contributed by atoms with E-state index in [1.54, 1.807) is 22.9 Å². The number of aromatic nitrogens is 1. The van der Waals surface area contributed by atoms with E-state index < -0.39 is 11.8 Å². The maximum Gasteiger partial charge on any atom is 0.261 e. The van der Waals surface area contributed by atoms with Crippen LogP contribution in [0.15, 0.2) is 29.1 Å². The summed E-state index contributed by atoms with van der Waals surface area (Å²) >= 11 is 1.28. The average Bonchev–Trinajstić information content (AvgIpc) is 2.87. The Morgan fingerprint density at radius 2 is 2.16 bits per heavy atom. The van der Waals surface area contributed by atoms with Crippen molar-refractivity contribution < 1.29 is 14.3 Å². The Kier molecular flexibility index (Phi) is 3.76. The van der Waals surface area contributed by atoms with Crippen molar-refractivity contribution in [3.63, 3.8) is 0 Å². The third-order valence-electron chi connectivity index (χ3n) is 2.38. The summed E-state index contributed by atoms with van der Waals surface area (Å²) in [4.78, 5) is 27.2. The third-order valence-corrected chi connectivity index (χ3v) is 3.13. The molecule has 0 bridgehead atoms. The molecule has 0 aliphatic carbocycles. The fourth-order valence-corrected chi connectivity index (χ4v) is 2.27. The molecule has 0 fully saturated rings. The number of hydrogen-bond donors (Lipinski definition) is 2. The van der Waals surface area contributed by atoms with Crippen LogP contribution in [-0.4, -0.2) is 23.9 Å². The normalized spacial score (nSPS) is 9.95. The second-order valence-electron chi connectivity index (χ2n) is 3.58. The molecule has 0 spiro atoms. The van der Waals surface area contributed by atoms with Gasteiger partial charge in [0.15, 0.2) is 0 Å². The highest BCUT2D eigenvalue weighted by Gasteiger charge is 2.16. The summed E-state index contributed by atoms with van der Waals surface area (Å²) < 4.78 is 5.00. The molecule has 0 unspecified atom stereocenters. The number of nitrogens with one attached hydrogen (secondary N) is 1. The number of thiophene rings is 1. The molecule has 19 heavy (non-hydrogen) atoms. The molecule has 0 radical (unpaired) electrons. The summed E-state index contributed by atoms with van der Waals surface area (Å²) in [6.45, 7) is 0. The summed E-state index contributed by atoms with van der Waals surface area (Å²) in [7, 11) is 1.43. The average molecular weight is 277 g/mol. The van der Waals surface area contributed by atoms with Gasteiger partial charge < -0.3 is 15.8 Å². The lowest BCUT2D eigenvalue weighted by atomic mass is 10.2. The van der Waals surface area contributed by atoms with Crippen LogP contribution in [0.4, 0.5) is 5.69 Å². The smallest absolute Gasteiger partial charge is 0.261 e. The van der Waals surface area contributed by atoms with Crippen LogP contribution < -0.4 is 15.8 Å². The maximum absolute atomic E-state index is 12.1. The first-order valence-electron chi connectivity index (χ1n) is 5.30. The number of carbonyl (C=O) groups excluding carboxylic acids is 2. The topological polar surface area (TPSA) is 94.3 Å². The number of hydrogen-bond acceptors (Lipinski definition) is 5. The summed E-state index contributed by atoms with van der Waals surface area (Å²) in [6, 6.07) is 3.21. The zero-order chi connectivity index (χ0) is 13.8. The monoisotopic (exact) mass is 277 g/mol. The quantitative estimate of drug-likeness (QED) is 0.885. The van der Waals surface area contributed by atoms with Crippen LogP contribution in [0.25, 0.3) is 0 Å². The number of methoxy groups -OCH3 is 1. The van der Waals surface area contributed by atoms with Gasteiger partial charge in [-0.2, -0.15) is 0 Å². The second-order valence-corrected chi connectivity index (χ2v) is 4.32. The first kappa shape index (κ1) is 13.0. The molecular formula is C12H11N3O3S. The van der Waals surface area contributed by atoms with Crippen LogP contribution in [0.1, 0.15) is 20.7 Å². The van der Waals surface area contributed by atoms with E-state index >= 15 is 0 Å². The molecule has 2 aromatic rings. The van der Waals surface area contributed by atoms with Crippen molar-refractivity contribution >= 4 is 28.8 Å². The van der Waals surface area contributed by atoms with Crippen molar-refractivity contribution in [2.24, 2.45) is 5.73 Å². The SMILES string of the molecule is COc1ncccc1C(=O)Nc1cscc1C(N)=O. The molecule has 2 rings (SSSR count). The highest BCUT2D eigenvalue weighted by atomic mass is 32.1. The van der Waals surface area contributed by atoms with Crippen molar-refractivity contribution in [2.75, 3.05) is 12.4 Å². The standard InChI is InChI=1S/C12H11N3O3S/c1-18-12-7(3-2-4-14-12)11(17)15-9-6-19-5-8(9)10(13)16/h2-6H,1H3,(H2,13,16)(H,15,17).